The summed E-state index contributed by atoms with van der Waals surface area (Å²) < 4.78 is 0. The number of hydrogen-bond acceptors (Lipinski definition) is 2. The van der Waals surface area contributed by atoms with Gasteiger partial charge < -0.3 is 24.7 Å². The minimum atomic E-state index is 0. The summed E-state index contributed by atoms with van der Waals surface area (Å²) in [4.78, 5) is 5.36. The van der Waals surface area contributed by atoms with Crippen molar-refractivity contribution in [2.75, 3.05) is 39.3 Å². The van der Waals surface area contributed by atoms with Gasteiger partial charge in [0.25, 0.3) is 0 Å². The van der Waals surface area contributed by atoms with Crippen molar-refractivity contribution in [1.82, 2.24) is 9.80 Å². The van der Waals surface area contributed by atoms with Crippen molar-refractivity contribution in [1.29, 1.82) is 0 Å². The number of hydrogen-bond donors (Lipinski definition) is 0. The van der Waals surface area contributed by atoms with Gasteiger partial charge in [-0.1, -0.05) is 64.2 Å². The van der Waals surface area contributed by atoms with Gasteiger partial charge in [0.15, 0.2) is 0 Å². The van der Waals surface area contributed by atoms with Gasteiger partial charge in [0, 0.05) is 0 Å². The normalized spacial score (nSPS) is 24.0. The smallest absolute Gasteiger partial charge is 0.358 e. The standard InChI is InChI=1S/2C12H23N.2CH3.Ti/c2*1-4-9-13(10-5-1)11-8-12-6-2-3-7-12;;;/h2*12H,1-11H2;2*1H3;/q;;2*-1;+4. The maximum Gasteiger partial charge on any atom is 4.00 e. The zero-order chi connectivity index (χ0) is 17.9. The summed E-state index contributed by atoms with van der Waals surface area (Å²) in [6.07, 6.45) is 23.8. The molecule has 0 N–H and O–H groups in total. The predicted octanol–water partition coefficient (Wildman–Crippen LogP) is 7.00. The fourth-order valence-corrected chi connectivity index (χ4v) is 5.69. The minimum absolute atomic E-state index is 0. The molecule has 2 aliphatic carbocycles. The molecule has 0 bridgehead atoms. The first-order valence-corrected chi connectivity index (χ1v) is 12.3. The molecule has 0 spiro atoms. The van der Waals surface area contributed by atoms with Crippen molar-refractivity contribution in [3.05, 3.63) is 14.9 Å². The van der Waals surface area contributed by atoms with Crippen LogP contribution in [0.25, 0.3) is 0 Å². The van der Waals surface area contributed by atoms with E-state index < -0.39 is 0 Å². The molecular weight excluding hydrogens is 388 g/mol. The summed E-state index contributed by atoms with van der Waals surface area (Å²) in [7, 11) is 0. The van der Waals surface area contributed by atoms with Crippen molar-refractivity contribution in [3.8, 4) is 0 Å². The SMILES string of the molecule is C1CCN(CCC2CCCC2)CC1.C1CCN(CCC2CCCC2)CC1.[CH3-].[CH3-].[Ti+4]. The first-order chi connectivity index (χ1) is 12.9. The Morgan fingerprint density at radius 3 is 1.07 bits per heavy atom. The third-order valence-corrected chi connectivity index (χ3v) is 7.55. The average Bonchev–Trinajstić information content (AvgIpc) is 3.41. The molecule has 0 unspecified atom stereocenters. The van der Waals surface area contributed by atoms with Gasteiger partial charge in [-0.2, -0.15) is 0 Å². The zero-order valence-corrected chi connectivity index (χ0v) is 21.7. The summed E-state index contributed by atoms with van der Waals surface area (Å²) in [5, 5.41) is 0. The molecule has 0 aromatic heterocycles. The molecule has 0 atom stereocenters. The summed E-state index contributed by atoms with van der Waals surface area (Å²) in [6, 6.07) is 0. The Morgan fingerprint density at radius 1 is 0.448 bits per heavy atom. The van der Waals surface area contributed by atoms with Crippen LogP contribution in [0.15, 0.2) is 0 Å². The summed E-state index contributed by atoms with van der Waals surface area (Å²) in [5.41, 5.74) is 0. The van der Waals surface area contributed by atoms with Gasteiger partial charge in [-0.25, -0.2) is 0 Å². The fourth-order valence-electron chi connectivity index (χ4n) is 5.69. The Morgan fingerprint density at radius 2 is 0.759 bits per heavy atom. The van der Waals surface area contributed by atoms with Gasteiger partial charge >= 0.3 is 21.7 Å². The van der Waals surface area contributed by atoms with Gasteiger partial charge in [0.2, 0.25) is 0 Å². The van der Waals surface area contributed by atoms with E-state index in [0.717, 1.165) is 11.8 Å². The molecule has 0 aromatic carbocycles. The largest absolute Gasteiger partial charge is 4.00 e. The van der Waals surface area contributed by atoms with Crippen molar-refractivity contribution in [2.45, 2.75) is 103 Å². The average molecular weight is 441 g/mol. The van der Waals surface area contributed by atoms with Crippen molar-refractivity contribution < 1.29 is 21.7 Å². The molecule has 4 aliphatic rings. The maximum absolute atomic E-state index is 2.68. The Hall–Kier alpha value is 0.634. The van der Waals surface area contributed by atoms with Crippen LogP contribution in [-0.2, 0) is 21.7 Å². The monoisotopic (exact) mass is 440 g/mol. The van der Waals surface area contributed by atoms with Crippen LogP contribution < -0.4 is 0 Å². The number of nitrogens with zero attached hydrogens (tertiary/aromatic N) is 2. The molecular formula is C26H52N2Ti+2. The summed E-state index contributed by atoms with van der Waals surface area (Å²) >= 11 is 0. The van der Waals surface area contributed by atoms with Crippen LogP contribution in [0.4, 0.5) is 0 Å². The fraction of sp³-hybridized carbons (Fsp3) is 0.923. The van der Waals surface area contributed by atoms with E-state index in [0.29, 0.717) is 0 Å². The molecule has 2 saturated carbocycles. The molecule has 2 nitrogen and oxygen atoms in total. The molecule has 2 heterocycles. The second kappa shape index (κ2) is 18.2. The van der Waals surface area contributed by atoms with Gasteiger partial charge in [-0.15, -0.1) is 0 Å². The third kappa shape index (κ3) is 12.3. The van der Waals surface area contributed by atoms with Crippen LogP contribution in [0.1, 0.15) is 103 Å². The van der Waals surface area contributed by atoms with Crippen LogP contribution in [0.2, 0.25) is 0 Å². The van der Waals surface area contributed by atoms with E-state index in [-0.39, 0.29) is 36.6 Å². The molecule has 2 saturated heterocycles. The zero-order valence-electron chi connectivity index (χ0n) is 20.1. The molecule has 0 radical (unpaired) electrons. The van der Waals surface area contributed by atoms with Gasteiger partial charge in [-0.3, -0.25) is 0 Å². The van der Waals surface area contributed by atoms with Crippen LogP contribution in [-0.4, -0.2) is 49.1 Å². The summed E-state index contributed by atoms with van der Waals surface area (Å²) in [6.45, 7) is 8.31. The van der Waals surface area contributed by atoms with E-state index in [1.165, 1.54) is 142 Å². The van der Waals surface area contributed by atoms with Crippen LogP contribution in [0, 0.1) is 26.7 Å². The molecule has 2 aliphatic heterocycles. The molecule has 4 rings (SSSR count). The van der Waals surface area contributed by atoms with Gasteiger partial charge in [0.05, 0.1) is 0 Å². The Balaban J connectivity index is 0.000000490. The predicted molar refractivity (Wildman–Crippen MR) is 127 cm³/mol. The van der Waals surface area contributed by atoms with Crippen molar-refractivity contribution in [3.63, 3.8) is 0 Å². The number of rotatable bonds is 6. The third-order valence-electron chi connectivity index (χ3n) is 7.55. The number of likely N-dealkylation sites (tertiary alicyclic amines) is 2. The second-order valence-corrected chi connectivity index (χ2v) is 9.68. The van der Waals surface area contributed by atoms with E-state index in [9.17, 15) is 0 Å². The first kappa shape index (κ1) is 29.6. The van der Waals surface area contributed by atoms with Crippen LogP contribution in [0.5, 0.6) is 0 Å². The summed E-state index contributed by atoms with van der Waals surface area (Å²) in [5.74, 6) is 2.17. The van der Waals surface area contributed by atoms with Gasteiger partial charge in [0.1, 0.15) is 0 Å². The molecule has 0 aromatic rings. The topological polar surface area (TPSA) is 6.48 Å². The Bertz CT molecular complexity index is 305. The van der Waals surface area contributed by atoms with Crippen molar-refractivity contribution >= 4 is 0 Å². The Labute approximate surface area is 199 Å². The first-order valence-electron chi connectivity index (χ1n) is 12.3. The quantitative estimate of drug-likeness (QED) is 0.324. The Kier molecular flexibility index (Phi) is 18.6. The van der Waals surface area contributed by atoms with E-state index in [1.54, 1.807) is 0 Å². The van der Waals surface area contributed by atoms with E-state index >= 15 is 0 Å². The molecule has 29 heavy (non-hydrogen) atoms. The van der Waals surface area contributed by atoms with E-state index in [4.69, 9.17) is 0 Å². The molecule has 3 heteroatoms. The van der Waals surface area contributed by atoms with Crippen LogP contribution in [0.3, 0.4) is 0 Å². The second-order valence-electron chi connectivity index (χ2n) is 9.68. The van der Waals surface area contributed by atoms with E-state index in [2.05, 4.69) is 9.80 Å². The molecule has 168 valence electrons. The molecule has 4 fully saturated rings. The maximum atomic E-state index is 2.68. The minimum Gasteiger partial charge on any atom is -0.358 e. The van der Waals surface area contributed by atoms with Crippen molar-refractivity contribution in [2.24, 2.45) is 11.8 Å². The molecule has 0 amide bonds. The van der Waals surface area contributed by atoms with Crippen LogP contribution >= 0.6 is 0 Å². The van der Waals surface area contributed by atoms with E-state index in [1.807, 2.05) is 0 Å². The van der Waals surface area contributed by atoms with Gasteiger partial charge in [-0.05, 0) is 89.6 Å². The number of piperidine rings is 2.